The number of halogens is 4. The van der Waals surface area contributed by atoms with E-state index in [1.54, 1.807) is 43.3 Å². The number of benzene rings is 2. The highest BCUT2D eigenvalue weighted by molar-refractivity contribution is 6.42. The highest BCUT2D eigenvalue weighted by Crippen LogP contribution is 2.27. The molecule has 166 valence electrons. The summed E-state index contributed by atoms with van der Waals surface area (Å²) in [4.78, 5) is 27.8. The molecule has 0 saturated heterocycles. The van der Waals surface area contributed by atoms with Crippen LogP contribution in [0.4, 0.5) is 0 Å². The van der Waals surface area contributed by atoms with Crippen LogP contribution in [0, 0.1) is 0 Å². The second-order valence-electron chi connectivity index (χ2n) is 7.81. The number of carbonyl (C=O) groups is 2. The molecule has 1 atom stereocenters. The molecule has 1 unspecified atom stereocenters. The minimum absolute atomic E-state index is 0.0130. The molecule has 0 aromatic heterocycles. The summed E-state index contributed by atoms with van der Waals surface area (Å²) in [5, 5.41) is 4.73. The van der Waals surface area contributed by atoms with Gasteiger partial charge in [-0.1, -0.05) is 71.4 Å². The number of hydrogen-bond donors (Lipinski definition) is 1. The first-order valence-corrected chi connectivity index (χ1v) is 11.7. The molecule has 0 radical (unpaired) electrons. The Morgan fingerprint density at radius 2 is 1.65 bits per heavy atom. The molecular formula is C23H24Cl4N2O2. The van der Waals surface area contributed by atoms with Gasteiger partial charge < -0.3 is 10.2 Å². The Morgan fingerprint density at radius 1 is 1.00 bits per heavy atom. The predicted octanol–water partition coefficient (Wildman–Crippen LogP) is 6.32. The zero-order valence-electron chi connectivity index (χ0n) is 17.1. The van der Waals surface area contributed by atoms with E-state index in [4.69, 9.17) is 46.4 Å². The van der Waals surface area contributed by atoms with Gasteiger partial charge in [0, 0.05) is 22.6 Å². The Labute approximate surface area is 202 Å². The second kappa shape index (κ2) is 10.9. The SMILES string of the molecule is CC(C(=O)NC1CCCC1)N(Cc1ccc(Cl)c(Cl)c1)C(=O)Cc1c(Cl)cccc1Cl. The average molecular weight is 502 g/mol. The molecular weight excluding hydrogens is 478 g/mol. The van der Waals surface area contributed by atoms with Gasteiger partial charge in [-0.05, 0) is 55.2 Å². The first kappa shape index (κ1) is 24.2. The van der Waals surface area contributed by atoms with Crippen molar-refractivity contribution < 1.29 is 9.59 Å². The topological polar surface area (TPSA) is 49.4 Å². The number of rotatable bonds is 7. The maximum absolute atomic E-state index is 13.3. The maximum Gasteiger partial charge on any atom is 0.242 e. The van der Waals surface area contributed by atoms with Gasteiger partial charge in [0.1, 0.15) is 6.04 Å². The fourth-order valence-electron chi connectivity index (χ4n) is 3.76. The number of carbonyl (C=O) groups excluding carboxylic acids is 2. The van der Waals surface area contributed by atoms with Crippen LogP contribution in [0.15, 0.2) is 36.4 Å². The lowest BCUT2D eigenvalue weighted by molar-refractivity contribution is -0.140. The lowest BCUT2D eigenvalue weighted by atomic mass is 10.1. The number of hydrogen-bond acceptors (Lipinski definition) is 2. The summed E-state index contributed by atoms with van der Waals surface area (Å²) in [5.41, 5.74) is 1.31. The predicted molar refractivity (Wildman–Crippen MR) is 127 cm³/mol. The summed E-state index contributed by atoms with van der Waals surface area (Å²) < 4.78 is 0. The molecule has 1 aliphatic rings. The molecule has 31 heavy (non-hydrogen) atoms. The maximum atomic E-state index is 13.3. The smallest absolute Gasteiger partial charge is 0.242 e. The summed E-state index contributed by atoms with van der Waals surface area (Å²) in [6.07, 6.45) is 4.14. The molecule has 1 saturated carbocycles. The third kappa shape index (κ3) is 6.29. The average Bonchev–Trinajstić information content (AvgIpc) is 3.24. The molecule has 1 fully saturated rings. The van der Waals surface area contributed by atoms with Gasteiger partial charge in [0.05, 0.1) is 16.5 Å². The van der Waals surface area contributed by atoms with Crippen molar-refractivity contribution in [3.8, 4) is 0 Å². The van der Waals surface area contributed by atoms with Gasteiger partial charge in [-0.2, -0.15) is 0 Å². The number of nitrogens with one attached hydrogen (secondary N) is 1. The van der Waals surface area contributed by atoms with Gasteiger partial charge in [0.25, 0.3) is 0 Å². The standard InChI is InChI=1S/C23H24Cl4N2O2/c1-14(23(31)28-16-5-2-3-6-16)29(13-15-9-10-20(26)21(27)11-15)22(30)12-17-18(24)7-4-8-19(17)25/h4,7-11,14,16H,2-3,5-6,12-13H2,1H3,(H,28,31). The van der Waals surface area contributed by atoms with Gasteiger partial charge in [-0.15, -0.1) is 0 Å². The van der Waals surface area contributed by atoms with Crippen LogP contribution in [0.3, 0.4) is 0 Å². The van der Waals surface area contributed by atoms with Crippen molar-refractivity contribution in [3.05, 3.63) is 67.6 Å². The van der Waals surface area contributed by atoms with Crippen molar-refractivity contribution >= 4 is 58.2 Å². The zero-order valence-corrected chi connectivity index (χ0v) is 20.2. The molecule has 2 aromatic rings. The second-order valence-corrected chi connectivity index (χ2v) is 9.44. The Balaban J connectivity index is 1.83. The molecule has 0 spiro atoms. The van der Waals surface area contributed by atoms with E-state index in [2.05, 4.69) is 5.32 Å². The summed E-state index contributed by atoms with van der Waals surface area (Å²) in [6.45, 7) is 1.94. The number of amides is 2. The van der Waals surface area contributed by atoms with Crippen LogP contribution >= 0.6 is 46.4 Å². The Kier molecular flexibility index (Phi) is 8.51. The fraction of sp³-hybridized carbons (Fsp3) is 0.391. The molecule has 4 nitrogen and oxygen atoms in total. The van der Waals surface area contributed by atoms with Gasteiger partial charge in [-0.25, -0.2) is 0 Å². The molecule has 8 heteroatoms. The zero-order chi connectivity index (χ0) is 22.5. The minimum atomic E-state index is -0.677. The fourth-order valence-corrected chi connectivity index (χ4v) is 4.62. The van der Waals surface area contributed by atoms with Gasteiger partial charge in [0.15, 0.2) is 0 Å². The van der Waals surface area contributed by atoms with E-state index in [0.29, 0.717) is 25.7 Å². The largest absolute Gasteiger partial charge is 0.352 e. The lowest BCUT2D eigenvalue weighted by Gasteiger charge is -2.30. The van der Waals surface area contributed by atoms with Crippen LogP contribution in [0.1, 0.15) is 43.7 Å². The third-order valence-corrected chi connectivity index (χ3v) is 7.04. The van der Waals surface area contributed by atoms with E-state index in [1.165, 1.54) is 4.90 Å². The van der Waals surface area contributed by atoms with E-state index < -0.39 is 6.04 Å². The van der Waals surface area contributed by atoms with Crippen molar-refractivity contribution in [1.82, 2.24) is 10.2 Å². The molecule has 0 heterocycles. The minimum Gasteiger partial charge on any atom is -0.352 e. The molecule has 3 rings (SSSR count). The van der Waals surface area contributed by atoms with E-state index in [9.17, 15) is 9.59 Å². The molecule has 0 bridgehead atoms. The molecule has 1 N–H and O–H groups in total. The summed E-state index contributed by atoms with van der Waals surface area (Å²) >= 11 is 24.7. The van der Waals surface area contributed by atoms with Gasteiger partial charge in [-0.3, -0.25) is 9.59 Å². The van der Waals surface area contributed by atoms with Gasteiger partial charge >= 0.3 is 0 Å². The first-order valence-electron chi connectivity index (χ1n) is 10.2. The van der Waals surface area contributed by atoms with Crippen LogP contribution < -0.4 is 5.32 Å². The van der Waals surface area contributed by atoms with Crippen molar-refractivity contribution in [2.45, 2.75) is 57.7 Å². The van der Waals surface area contributed by atoms with E-state index in [-0.39, 0.29) is 30.8 Å². The highest BCUT2D eigenvalue weighted by atomic mass is 35.5. The quantitative estimate of drug-likeness (QED) is 0.482. The lowest BCUT2D eigenvalue weighted by Crippen LogP contribution is -2.50. The van der Waals surface area contributed by atoms with Crippen LogP contribution in [0.2, 0.25) is 20.1 Å². The number of nitrogens with zero attached hydrogens (tertiary/aromatic N) is 1. The van der Waals surface area contributed by atoms with Crippen LogP contribution in [-0.4, -0.2) is 28.8 Å². The van der Waals surface area contributed by atoms with Crippen molar-refractivity contribution in [2.75, 3.05) is 0 Å². The Bertz CT molecular complexity index is 940. The van der Waals surface area contributed by atoms with Crippen LogP contribution in [0.25, 0.3) is 0 Å². The first-order chi connectivity index (χ1) is 14.8. The van der Waals surface area contributed by atoms with Gasteiger partial charge in [0.2, 0.25) is 11.8 Å². The monoisotopic (exact) mass is 500 g/mol. The van der Waals surface area contributed by atoms with E-state index in [1.807, 2.05) is 0 Å². The normalized spacial score (nSPS) is 15.0. The summed E-state index contributed by atoms with van der Waals surface area (Å²) in [7, 11) is 0. The third-order valence-electron chi connectivity index (χ3n) is 5.60. The summed E-state index contributed by atoms with van der Waals surface area (Å²) in [5.74, 6) is -0.430. The Morgan fingerprint density at radius 3 is 2.26 bits per heavy atom. The van der Waals surface area contributed by atoms with Crippen molar-refractivity contribution in [1.29, 1.82) is 0 Å². The van der Waals surface area contributed by atoms with E-state index in [0.717, 1.165) is 31.2 Å². The van der Waals surface area contributed by atoms with Crippen LogP contribution in [-0.2, 0) is 22.6 Å². The Hall–Kier alpha value is -1.46. The van der Waals surface area contributed by atoms with Crippen molar-refractivity contribution in [2.24, 2.45) is 0 Å². The molecule has 1 aliphatic carbocycles. The molecule has 0 aliphatic heterocycles. The van der Waals surface area contributed by atoms with Crippen LogP contribution in [0.5, 0.6) is 0 Å². The summed E-state index contributed by atoms with van der Waals surface area (Å²) in [6, 6.07) is 9.76. The molecule has 2 amide bonds. The van der Waals surface area contributed by atoms with Crippen molar-refractivity contribution in [3.63, 3.8) is 0 Å². The molecule has 2 aromatic carbocycles. The highest BCUT2D eigenvalue weighted by Gasteiger charge is 2.29. The van der Waals surface area contributed by atoms with E-state index >= 15 is 0 Å².